The van der Waals surface area contributed by atoms with Crippen LogP contribution in [0.5, 0.6) is 0 Å². The first-order chi connectivity index (χ1) is 8.11. The van der Waals surface area contributed by atoms with Gasteiger partial charge in [0, 0.05) is 4.47 Å². The van der Waals surface area contributed by atoms with E-state index in [1.54, 1.807) is 0 Å². The lowest BCUT2D eigenvalue weighted by Crippen LogP contribution is -2.19. The molecule has 2 aromatic rings. The fourth-order valence-electron chi connectivity index (χ4n) is 1.50. The van der Waals surface area contributed by atoms with Gasteiger partial charge in [-0.3, -0.25) is 9.55 Å². The Kier molecular flexibility index (Phi) is 3.02. The fraction of sp³-hybridized carbons (Fsp3) is 0.0909. The topological polar surface area (TPSA) is 87.6 Å². The molecule has 0 aliphatic rings. The summed E-state index contributed by atoms with van der Waals surface area (Å²) in [4.78, 5) is 14.0. The van der Waals surface area contributed by atoms with Crippen molar-refractivity contribution in [2.75, 3.05) is 5.73 Å². The van der Waals surface area contributed by atoms with Gasteiger partial charge in [-0.05, 0) is 17.7 Å². The lowest BCUT2D eigenvalue weighted by atomic mass is 10.2. The molecule has 0 saturated heterocycles. The lowest BCUT2D eigenvalue weighted by Gasteiger charge is -2.04. The average Bonchev–Trinajstić information content (AvgIpc) is 2.59. The van der Waals surface area contributed by atoms with E-state index in [1.807, 2.05) is 30.3 Å². The minimum Gasteiger partial charge on any atom is -0.383 e. The molecule has 0 bridgehead atoms. The van der Waals surface area contributed by atoms with Gasteiger partial charge in [-0.1, -0.05) is 28.1 Å². The van der Waals surface area contributed by atoms with Crippen LogP contribution in [-0.4, -0.2) is 9.55 Å². The summed E-state index contributed by atoms with van der Waals surface area (Å²) in [5, 5.41) is 8.74. The number of nitrogens with zero attached hydrogens (tertiary/aromatic N) is 2. The summed E-state index contributed by atoms with van der Waals surface area (Å²) in [6.07, 6.45) is 0. The highest BCUT2D eigenvalue weighted by Gasteiger charge is 2.10. The molecule has 0 amide bonds. The number of nitrogens with one attached hydrogen (secondary N) is 1. The number of benzene rings is 1. The highest BCUT2D eigenvalue weighted by molar-refractivity contribution is 9.10. The summed E-state index contributed by atoms with van der Waals surface area (Å²) in [7, 11) is 0. The van der Waals surface area contributed by atoms with Crippen LogP contribution < -0.4 is 11.4 Å². The minimum absolute atomic E-state index is 0.104. The van der Waals surface area contributed by atoms with Crippen LogP contribution in [0.25, 0.3) is 0 Å². The van der Waals surface area contributed by atoms with Gasteiger partial charge >= 0.3 is 5.69 Å². The molecule has 1 aromatic carbocycles. The van der Waals surface area contributed by atoms with E-state index < -0.39 is 0 Å². The SMILES string of the molecule is N#Cc1[nH]c(=O)n(Cc2ccc(Br)cc2)c1N. The fourth-order valence-corrected chi connectivity index (χ4v) is 1.76. The molecule has 0 spiro atoms. The van der Waals surface area contributed by atoms with Crippen LogP contribution in [0.4, 0.5) is 5.82 Å². The smallest absolute Gasteiger partial charge is 0.328 e. The standard InChI is InChI=1S/C11H9BrN4O/c12-8-3-1-7(2-4-8)6-16-10(14)9(5-13)15-11(16)17/h1-4H,6,14H2,(H,15,17). The third-order valence-corrected chi connectivity index (χ3v) is 2.92. The summed E-state index contributed by atoms with van der Waals surface area (Å²) >= 11 is 3.33. The molecular weight excluding hydrogens is 284 g/mol. The van der Waals surface area contributed by atoms with Crippen molar-refractivity contribution in [2.24, 2.45) is 0 Å². The summed E-state index contributed by atoms with van der Waals surface area (Å²) in [5.41, 5.74) is 6.36. The summed E-state index contributed by atoms with van der Waals surface area (Å²) in [6.45, 7) is 0.343. The van der Waals surface area contributed by atoms with Gasteiger partial charge in [0.25, 0.3) is 0 Å². The Morgan fingerprint density at radius 3 is 2.59 bits per heavy atom. The Morgan fingerprint density at radius 1 is 1.41 bits per heavy atom. The monoisotopic (exact) mass is 292 g/mol. The number of anilines is 1. The minimum atomic E-state index is -0.373. The van der Waals surface area contributed by atoms with Crippen LogP contribution >= 0.6 is 15.9 Å². The maximum Gasteiger partial charge on any atom is 0.328 e. The predicted molar refractivity (Wildman–Crippen MR) is 67.4 cm³/mol. The van der Waals surface area contributed by atoms with E-state index in [1.165, 1.54) is 4.57 Å². The van der Waals surface area contributed by atoms with Crippen LogP contribution in [0.3, 0.4) is 0 Å². The van der Waals surface area contributed by atoms with E-state index in [2.05, 4.69) is 20.9 Å². The Bertz CT molecular complexity index is 633. The Hall–Kier alpha value is -2.00. The van der Waals surface area contributed by atoms with Crippen LogP contribution in [-0.2, 0) is 6.54 Å². The summed E-state index contributed by atoms with van der Waals surface area (Å²) in [5.74, 6) is 0.167. The molecule has 3 N–H and O–H groups in total. The van der Waals surface area contributed by atoms with Gasteiger partial charge in [0.2, 0.25) is 0 Å². The number of nitrogens with two attached hydrogens (primary N) is 1. The molecule has 5 nitrogen and oxygen atoms in total. The van der Waals surface area contributed by atoms with E-state index >= 15 is 0 Å². The second-order valence-electron chi connectivity index (χ2n) is 3.51. The number of imidazole rings is 1. The van der Waals surface area contributed by atoms with Gasteiger partial charge in [-0.2, -0.15) is 5.26 Å². The maximum absolute atomic E-state index is 11.6. The molecule has 86 valence electrons. The molecule has 0 fully saturated rings. The van der Waals surface area contributed by atoms with Crippen molar-refractivity contribution in [3.63, 3.8) is 0 Å². The lowest BCUT2D eigenvalue weighted by molar-refractivity contribution is 0.771. The van der Waals surface area contributed by atoms with Crippen molar-refractivity contribution in [3.05, 3.63) is 50.5 Å². The van der Waals surface area contributed by atoms with E-state index in [0.29, 0.717) is 6.54 Å². The number of rotatable bonds is 2. The number of hydrogen-bond acceptors (Lipinski definition) is 3. The number of aromatic nitrogens is 2. The second kappa shape index (κ2) is 4.47. The van der Waals surface area contributed by atoms with Gasteiger partial charge in [-0.15, -0.1) is 0 Å². The number of halogens is 1. The van der Waals surface area contributed by atoms with Gasteiger partial charge in [0.05, 0.1) is 6.54 Å². The van der Waals surface area contributed by atoms with Crippen LogP contribution in [0.15, 0.2) is 33.5 Å². The van der Waals surface area contributed by atoms with Crippen molar-refractivity contribution >= 4 is 21.7 Å². The van der Waals surface area contributed by atoms with Crippen LogP contribution in [0, 0.1) is 11.3 Å². The van der Waals surface area contributed by atoms with Crippen LogP contribution in [0.1, 0.15) is 11.3 Å². The Balaban J connectivity index is 2.37. The zero-order valence-electron chi connectivity index (χ0n) is 8.77. The molecule has 0 radical (unpaired) electrons. The Labute approximate surface area is 106 Å². The largest absolute Gasteiger partial charge is 0.383 e. The molecule has 17 heavy (non-hydrogen) atoms. The molecule has 0 atom stereocenters. The van der Waals surface area contributed by atoms with E-state index in [4.69, 9.17) is 11.0 Å². The van der Waals surface area contributed by atoms with Gasteiger partial charge < -0.3 is 5.73 Å². The Morgan fingerprint density at radius 2 is 2.06 bits per heavy atom. The molecule has 6 heteroatoms. The number of nitrogen functional groups attached to an aromatic ring is 1. The van der Waals surface area contributed by atoms with Gasteiger partial charge in [0.15, 0.2) is 5.69 Å². The number of hydrogen-bond donors (Lipinski definition) is 2. The quantitative estimate of drug-likeness (QED) is 0.878. The zero-order chi connectivity index (χ0) is 12.4. The second-order valence-corrected chi connectivity index (χ2v) is 4.43. The maximum atomic E-state index is 11.6. The molecule has 0 unspecified atom stereocenters. The highest BCUT2D eigenvalue weighted by Crippen LogP contribution is 2.13. The van der Waals surface area contributed by atoms with Crippen molar-refractivity contribution in [3.8, 4) is 6.07 Å². The molecule has 2 rings (SSSR count). The molecule has 0 saturated carbocycles. The van der Waals surface area contributed by atoms with Gasteiger partial charge in [-0.25, -0.2) is 4.79 Å². The normalized spacial score (nSPS) is 10.1. The third-order valence-electron chi connectivity index (χ3n) is 2.39. The number of H-pyrrole nitrogens is 1. The third kappa shape index (κ3) is 2.24. The zero-order valence-corrected chi connectivity index (χ0v) is 10.4. The molecule has 1 heterocycles. The van der Waals surface area contributed by atoms with Gasteiger partial charge in [0.1, 0.15) is 11.9 Å². The first-order valence-corrected chi connectivity index (χ1v) is 5.64. The first kappa shape index (κ1) is 11.5. The number of nitriles is 1. The molecular formula is C11H9BrN4O. The molecule has 1 aromatic heterocycles. The van der Waals surface area contributed by atoms with E-state index in [9.17, 15) is 4.79 Å². The first-order valence-electron chi connectivity index (χ1n) is 4.84. The van der Waals surface area contributed by atoms with Crippen molar-refractivity contribution in [1.82, 2.24) is 9.55 Å². The summed E-state index contributed by atoms with van der Waals surface area (Å²) in [6, 6.07) is 9.38. The van der Waals surface area contributed by atoms with Crippen molar-refractivity contribution in [2.45, 2.75) is 6.54 Å². The predicted octanol–water partition coefficient (Wildman–Crippen LogP) is 1.44. The molecule has 0 aliphatic heterocycles. The van der Waals surface area contributed by atoms with Crippen molar-refractivity contribution in [1.29, 1.82) is 5.26 Å². The van der Waals surface area contributed by atoms with Crippen LogP contribution in [0.2, 0.25) is 0 Å². The van der Waals surface area contributed by atoms with E-state index in [0.717, 1.165) is 10.0 Å². The summed E-state index contributed by atoms with van der Waals surface area (Å²) < 4.78 is 2.30. The van der Waals surface area contributed by atoms with E-state index in [-0.39, 0.29) is 17.2 Å². The average molecular weight is 293 g/mol. The van der Waals surface area contributed by atoms with Crippen molar-refractivity contribution < 1.29 is 0 Å². The molecule has 0 aliphatic carbocycles. The number of aromatic amines is 1. The highest BCUT2D eigenvalue weighted by atomic mass is 79.9.